The Morgan fingerprint density at radius 1 is 1.56 bits per heavy atom. The third-order valence-corrected chi connectivity index (χ3v) is 3.57. The molecular weight excluding hydrogens is 222 g/mol. The fourth-order valence-corrected chi connectivity index (χ4v) is 2.50. The Bertz CT molecular complexity index is 334. The second-order valence-electron chi connectivity index (χ2n) is 4.52. The molecule has 1 aliphatic rings. The van der Waals surface area contributed by atoms with E-state index in [1.807, 2.05) is 0 Å². The normalized spacial score (nSPS) is 24.9. The van der Waals surface area contributed by atoms with E-state index in [1.54, 1.807) is 0 Å². The van der Waals surface area contributed by atoms with Gasteiger partial charge in [-0.1, -0.05) is 6.92 Å². The second-order valence-corrected chi connectivity index (χ2v) is 5.27. The quantitative estimate of drug-likeness (QED) is 0.860. The molecule has 1 aliphatic heterocycles. The molecule has 0 amide bonds. The summed E-state index contributed by atoms with van der Waals surface area (Å²) in [7, 11) is 0. The average molecular weight is 241 g/mol. The molecular formula is C11H19N3OS. The third kappa shape index (κ3) is 2.92. The predicted molar refractivity (Wildman–Crippen MR) is 66.0 cm³/mol. The van der Waals surface area contributed by atoms with E-state index in [-0.39, 0.29) is 5.60 Å². The molecule has 0 aliphatic carbocycles. The van der Waals surface area contributed by atoms with E-state index in [0.717, 1.165) is 49.8 Å². The Balaban J connectivity index is 1.84. The van der Waals surface area contributed by atoms with Crippen molar-refractivity contribution in [2.24, 2.45) is 0 Å². The molecule has 1 atom stereocenters. The van der Waals surface area contributed by atoms with Gasteiger partial charge in [-0.2, -0.15) is 4.37 Å². The highest BCUT2D eigenvalue weighted by Crippen LogP contribution is 2.25. The zero-order valence-corrected chi connectivity index (χ0v) is 10.8. The predicted octanol–water partition coefficient (Wildman–Crippen LogP) is 2.47. The van der Waals surface area contributed by atoms with Crippen LogP contribution in [0, 0.1) is 0 Å². The number of ether oxygens (including phenoxy) is 1. The number of hydrogen-bond acceptors (Lipinski definition) is 5. The molecule has 0 spiro atoms. The summed E-state index contributed by atoms with van der Waals surface area (Å²) >= 11 is 1.44. The molecule has 5 heteroatoms. The van der Waals surface area contributed by atoms with E-state index in [0.29, 0.717) is 0 Å². The Labute approximate surface area is 101 Å². The third-order valence-electron chi connectivity index (χ3n) is 2.86. The van der Waals surface area contributed by atoms with E-state index >= 15 is 0 Å². The topological polar surface area (TPSA) is 47.0 Å². The summed E-state index contributed by atoms with van der Waals surface area (Å²) in [6, 6.07) is 0. The van der Waals surface area contributed by atoms with Gasteiger partial charge in [0.15, 0.2) is 0 Å². The molecule has 1 fully saturated rings. The molecule has 0 aromatic carbocycles. The monoisotopic (exact) mass is 241 g/mol. The van der Waals surface area contributed by atoms with Gasteiger partial charge in [0.05, 0.1) is 5.60 Å². The summed E-state index contributed by atoms with van der Waals surface area (Å²) < 4.78 is 10.0. The maximum Gasteiger partial charge on any atom is 0.202 e. The first-order valence-electron chi connectivity index (χ1n) is 5.92. The fraction of sp³-hybridized carbons (Fsp3) is 0.818. The Kier molecular flexibility index (Phi) is 3.76. The Hall–Kier alpha value is -0.680. The van der Waals surface area contributed by atoms with Crippen LogP contribution >= 0.6 is 11.5 Å². The first-order valence-corrected chi connectivity index (χ1v) is 6.70. The number of nitrogens with zero attached hydrogens (tertiary/aromatic N) is 2. The zero-order chi connectivity index (χ0) is 11.4. The average Bonchev–Trinajstić information content (AvgIpc) is 2.86. The number of aryl methyl sites for hydroxylation is 1. The van der Waals surface area contributed by atoms with Gasteiger partial charge >= 0.3 is 0 Å². The van der Waals surface area contributed by atoms with Crippen molar-refractivity contribution in [1.29, 1.82) is 0 Å². The first-order chi connectivity index (χ1) is 7.72. The maximum atomic E-state index is 5.71. The van der Waals surface area contributed by atoms with E-state index < -0.39 is 0 Å². The van der Waals surface area contributed by atoms with Crippen molar-refractivity contribution in [2.45, 2.75) is 45.1 Å². The summed E-state index contributed by atoms with van der Waals surface area (Å²) in [4.78, 5) is 4.43. The van der Waals surface area contributed by atoms with E-state index in [1.165, 1.54) is 11.5 Å². The standard InChI is InChI=1S/C11H19N3OS/c1-3-5-9-13-10(16-14-9)12-8-11(2)6-4-7-15-11/h3-8H2,1-2H3,(H,12,13,14). The molecule has 1 N–H and O–H groups in total. The molecule has 2 rings (SSSR count). The van der Waals surface area contributed by atoms with Gasteiger partial charge in [-0.25, -0.2) is 4.98 Å². The SMILES string of the molecule is CCCc1nsc(NCC2(C)CCCO2)n1. The lowest BCUT2D eigenvalue weighted by molar-refractivity contribution is 0.0315. The number of rotatable bonds is 5. The molecule has 1 aromatic heterocycles. The minimum absolute atomic E-state index is 0.0173. The van der Waals surface area contributed by atoms with Gasteiger partial charge in [0.1, 0.15) is 5.82 Å². The largest absolute Gasteiger partial charge is 0.373 e. The minimum atomic E-state index is -0.0173. The van der Waals surface area contributed by atoms with Crippen LogP contribution in [0.25, 0.3) is 0 Å². The number of aromatic nitrogens is 2. The molecule has 2 heterocycles. The van der Waals surface area contributed by atoms with Crippen molar-refractivity contribution < 1.29 is 4.74 Å². The fourth-order valence-electron chi connectivity index (χ4n) is 1.89. The summed E-state index contributed by atoms with van der Waals surface area (Å²) in [5.41, 5.74) is -0.0173. The highest BCUT2D eigenvalue weighted by atomic mass is 32.1. The molecule has 0 radical (unpaired) electrons. The second kappa shape index (κ2) is 5.10. The van der Waals surface area contributed by atoms with Crippen molar-refractivity contribution in [3.63, 3.8) is 0 Å². The van der Waals surface area contributed by atoms with Crippen LogP contribution in [-0.4, -0.2) is 28.1 Å². The van der Waals surface area contributed by atoms with Crippen LogP contribution in [0.1, 0.15) is 38.9 Å². The van der Waals surface area contributed by atoms with Crippen LogP contribution < -0.4 is 5.32 Å². The lowest BCUT2D eigenvalue weighted by atomic mass is 10.0. The number of hydrogen-bond donors (Lipinski definition) is 1. The van der Waals surface area contributed by atoms with Gasteiger partial charge in [-0.05, 0) is 26.2 Å². The van der Waals surface area contributed by atoms with Gasteiger partial charge in [0, 0.05) is 31.1 Å². The summed E-state index contributed by atoms with van der Waals surface area (Å²) in [6.07, 6.45) is 4.35. The molecule has 4 nitrogen and oxygen atoms in total. The van der Waals surface area contributed by atoms with Crippen LogP contribution in [0.15, 0.2) is 0 Å². The zero-order valence-electron chi connectivity index (χ0n) is 9.95. The highest BCUT2D eigenvalue weighted by molar-refractivity contribution is 7.09. The highest BCUT2D eigenvalue weighted by Gasteiger charge is 2.29. The van der Waals surface area contributed by atoms with Crippen molar-refractivity contribution in [3.05, 3.63) is 5.82 Å². The van der Waals surface area contributed by atoms with Gasteiger partial charge in [0.2, 0.25) is 5.13 Å². The molecule has 16 heavy (non-hydrogen) atoms. The lowest BCUT2D eigenvalue weighted by Gasteiger charge is -2.22. The van der Waals surface area contributed by atoms with E-state index in [2.05, 4.69) is 28.5 Å². The van der Waals surface area contributed by atoms with Crippen molar-refractivity contribution >= 4 is 16.7 Å². The molecule has 0 bridgehead atoms. The van der Waals surface area contributed by atoms with Crippen LogP contribution in [-0.2, 0) is 11.2 Å². The summed E-state index contributed by atoms with van der Waals surface area (Å²) in [6.45, 7) is 6.01. The molecule has 0 saturated carbocycles. The summed E-state index contributed by atoms with van der Waals surface area (Å²) in [5, 5.41) is 4.24. The molecule has 1 aromatic rings. The lowest BCUT2D eigenvalue weighted by Crippen LogP contribution is -2.32. The minimum Gasteiger partial charge on any atom is -0.373 e. The number of nitrogens with one attached hydrogen (secondary N) is 1. The van der Waals surface area contributed by atoms with Gasteiger partial charge in [-0.3, -0.25) is 0 Å². The first kappa shape index (κ1) is 11.8. The van der Waals surface area contributed by atoms with Crippen molar-refractivity contribution in [1.82, 2.24) is 9.36 Å². The van der Waals surface area contributed by atoms with Crippen LogP contribution in [0.5, 0.6) is 0 Å². The van der Waals surface area contributed by atoms with Crippen LogP contribution in [0.3, 0.4) is 0 Å². The Morgan fingerprint density at radius 3 is 3.12 bits per heavy atom. The van der Waals surface area contributed by atoms with E-state index in [4.69, 9.17) is 4.74 Å². The van der Waals surface area contributed by atoms with Gasteiger partial charge < -0.3 is 10.1 Å². The van der Waals surface area contributed by atoms with Crippen molar-refractivity contribution in [3.8, 4) is 0 Å². The molecule has 1 saturated heterocycles. The summed E-state index contributed by atoms with van der Waals surface area (Å²) in [5.74, 6) is 0.951. The Morgan fingerprint density at radius 2 is 2.44 bits per heavy atom. The van der Waals surface area contributed by atoms with Crippen LogP contribution in [0.2, 0.25) is 0 Å². The number of anilines is 1. The maximum absolute atomic E-state index is 5.71. The molecule has 1 unspecified atom stereocenters. The van der Waals surface area contributed by atoms with Crippen molar-refractivity contribution in [2.75, 3.05) is 18.5 Å². The van der Waals surface area contributed by atoms with Crippen LogP contribution in [0.4, 0.5) is 5.13 Å². The van der Waals surface area contributed by atoms with Gasteiger partial charge in [0.25, 0.3) is 0 Å². The van der Waals surface area contributed by atoms with Gasteiger partial charge in [-0.15, -0.1) is 0 Å². The van der Waals surface area contributed by atoms with E-state index in [9.17, 15) is 0 Å². The molecule has 90 valence electrons. The smallest absolute Gasteiger partial charge is 0.202 e.